The van der Waals surface area contributed by atoms with Crippen LogP contribution in [0.4, 0.5) is 0 Å². The van der Waals surface area contributed by atoms with Crippen molar-refractivity contribution in [1.82, 2.24) is 20.2 Å². The largest absolute Gasteiger partial charge is 0.343 e. The summed E-state index contributed by atoms with van der Waals surface area (Å²) in [4.78, 5) is 15.8. The molecular weight excluding hydrogens is 228 g/mol. The molecule has 0 aromatic rings. The first-order valence-corrected chi connectivity index (χ1v) is 7.09. The molecule has 2 aliphatic heterocycles. The predicted molar refractivity (Wildman–Crippen MR) is 72.1 cm³/mol. The summed E-state index contributed by atoms with van der Waals surface area (Å²) in [5, 5.41) is 2.27. The maximum Gasteiger partial charge on any atom is 0.219 e. The summed E-state index contributed by atoms with van der Waals surface area (Å²) < 4.78 is 0. The van der Waals surface area contributed by atoms with Crippen LogP contribution in [0.25, 0.3) is 0 Å². The van der Waals surface area contributed by atoms with Crippen molar-refractivity contribution in [2.75, 3.05) is 52.9 Å². The Balaban J connectivity index is 1.67. The van der Waals surface area contributed by atoms with Crippen LogP contribution < -0.4 is 5.43 Å². The van der Waals surface area contributed by atoms with Gasteiger partial charge < -0.3 is 9.80 Å². The third-order valence-corrected chi connectivity index (χ3v) is 4.26. The number of piperazine rings is 1. The SMILES string of the molecule is CNN1CCN(CC2CCN(C(C)=O)CC2)CC1. The summed E-state index contributed by atoms with van der Waals surface area (Å²) in [6, 6.07) is 0. The number of carbonyl (C=O) groups is 1. The molecule has 1 amide bonds. The van der Waals surface area contributed by atoms with E-state index in [2.05, 4.69) is 15.3 Å². The molecule has 0 aromatic heterocycles. The Bertz CT molecular complexity index is 268. The Labute approximate surface area is 110 Å². The Morgan fingerprint density at radius 3 is 2.22 bits per heavy atom. The highest BCUT2D eigenvalue weighted by molar-refractivity contribution is 5.73. The van der Waals surface area contributed by atoms with Crippen LogP contribution in [0.5, 0.6) is 0 Å². The van der Waals surface area contributed by atoms with Gasteiger partial charge in [0.25, 0.3) is 0 Å². The molecular formula is C13H26N4O. The summed E-state index contributed by atoms with van der Waals surface area (Å²) in [5.74, 6) is 1.01. The van der Waals surface area contributed by atoms with Crippen molar-refractivity contribution in [2.45, 2.75) is 19.8 Å². The molecule has 18 heavy (non-hydrogen) atoms. The molecule has 0 aromatic carbocycles. The maximum absolute atomic E-state index is 11.3. The average molecular weight is 254 g/mol. The first-order valence-electron chi connectivity index (χ1n) is 7.09. The fourth-order valence-corrected chi connectivity index (χ4v) is 2.95. The van der Waals surface area contributed by atoms with Crippen LogP contribution in [0.3, 0.4) is 0 Å². The summed E-state index contributed by atoms with van der Waals surface area (Å²) in [5.41, 5.74) is 3.21. The second-order valence-electron chi connectivity index (χ2n) is 5.46. The number of carbonyl (C=O) groups excluding carboxylic acids is 1. The van der Waals surface area contributed by atoms with Gasteiger partial charge in [-0.3, -0.25) is 10.2 Å². The first kappa shape index (κ1) is 13.8. The highest BCUT2D eigenvalue weighted by atomic mass is 16.2. The van der Waals surface area contributed by atoms with Gasteiger partial charge in [0.2, 0.25) is 5.91 Å². The molecule has 104 valence electrons. The van der Waals surface area contributed by atoms with E-state index in [1.165, 1.54) is 19.4 Å². The molecule has 2 fully saturated rings. The molecule has 2 rings (SSSR count). The zero-order valence-electron chi connectivity index (χ0n) is 11.7. The number of hydrogen-bond donors (Lipinski definition) is 1. The highest BCUT2D eigenvalue weighted by Crippen LogP contribution is 2.19. The lowest BCUT2D eigenvalue weighted by molar-refractivity contribution is -0.130. The number of nitrogens with zero attached hydrogens (tertiary/aromatic N) is 3. The van der Waals surface area contributed by atoms with Crippen molar-refractivity contribution < 1.29 is 4.79 Å². The highest BCUT2D eigenvalue weighted by Gasteiger charge is 2.24. The smallest absolute Gasteiger partial charge is 0.219 e. The van der Waals surface area contributed by atoms with Crippen molar-refractivity contribution in [1.29, 1.82) is 0 Å². The maximum atomic E-state index is 11.3. The molecule has 5 nitrogen and oxygen atoms in total. The van der Waals surface area contributed by atoms with Crippen LogP contribution in [0.2, 0.25) is 0 Å². The van der Waals surface area contributed by atoms with E-state index in [0.29, 0.717) is 0 Å². The molecule has 0 spiro atoms. The van der Waals surface area contributed by atoms with E-state index in [-0.39, 0.29) is 5.91 Å². The molecule has 2 heterocycles. The minimum atomic E-state index is 0.232. The number of nitrogens with one attached hydrogen (secondary N) is 1. The van der Waals surface area contributed by atoms with Gasteiger partial charge in [-0.2, -0.15) is 0 Å². The van der Waals surface area contributed by atoms with Crippen molar-refractivity contribution in [2.24, 2.45) is 5.92 Å². The molecule has 0 radical (unpaired) electrons. The van der Waals surface area contributed by atoms with E-state index in [9.17, 15) is 4.79 Å². The summed E-state index contributed by atoms with van der Waals surface area (Å²) in [6.45, 7) is 9.35. The third kappa shape index (κ3) is 3.67. The van der Waals surface area contributed by atoms with Gasteiger partial charge in [0, 0.05) is 52.7 Å². The van der Waals surface area contributed by atoms with E-state index < -0.39 is 0 Å². The van der Waals surface area contributed by atoms with Crippen molar-refractivity contribution in [3.8, 4) is 0 Å². The number of hydrogen-bond acceptors (Lipinski definition) is 4. The van der Waals surface area contributed by atoms with Crippen LogP contribution in [0.1, 0.15) is 19.8 Å². The molecule has 5 heteroatoms. The molecule has 0 bridgehead atoms. The number of rotatable bonds is 3. The molecule has 1 N–H and O–H groups in total. The number of piperidine rings is 1. The minimum Gasteiger partial charge on any atom is -0.343 e. The van der Waals surface area contributed by atoms with Crippen LogP contribution in [-0.2, 0) is 4.79 Å². The molecule has 2 aliphatic rings. The molecule has 0 atom stereocenters. The van der Waals surface area contributed by atoms with Gasteiger partial charge in [-0.25, -0.2) is 5.01 Å². The average Bonchev–Trinajstić information content (AvgIpc) is 2.40. The van der Waals surface area contributed by atoms with Crippen LogP contribution >= 0.6 is 0 Å². The first-order chi connectivity index (χ1) is 8.69. The Morgan fingerprint density at radius 1 is 1.11 bits per heavy atom. The van der Waals surface area contributed by atoms with Crippen LogP contribution in [0, 0.1) is 5.92 Å². The lowest BCUT2D eigenvalue weighted by atomic mass is 9.96. The molecule has 2 saturated heterocycles. The summed E-state index contributed by atoms with van der Waals surface area (Å²) >= 11 is 0. The topological polar surface area (TPSA) is 38.8 Å². The fraction of sp³-hybridized carbons (Fsp3) is 0.923. The van der Waals surface area contributed by atoms with Gasteiger partial charge in [-0.05, 0) is 25.8 Å². The Hall–Kier alpha value is -0.650. The van der Waals surface area contributed by atoms with E-state index in [4.69, 9.17) is 0 Å². The second-order valence-corrected chi connectivity index (χ2v) is 5.46. The normalized spacial score (nSPS) is 24.4. The standard InChI is InChI=1S/C13H26N4O/c1-12(18)16-5-3-13(4-6-16)11-15-7-9-17(14-2)10-8-15/h13-14H,3-11H2,1-2H3. The van der Waals surface area contributed by atoms with Crippen LogP contribution in [-0.4, -0.2) is 73.6 Å². The monoisotopic (exact) mass is 254 g/mol. The van der Waals surface area contributed by atoms with E-state index >= 15 is 0 Å². The van der Waals surface area contributed by atoms with Crippen molar-refractivity contribution >= 4 is 5.91 Å². The lowest BCUT2D eigenvalue weighted by Crippen LogP contribution is -2.52. The Morgan fingerprint density at radius 2 is 1.72 bits per heavy atom. The van der Waals surface area contributed by atoms with E-state index in [1.54, 1.807) is 6.92 Å². The molecule has 0 saturated carbocycles. The lowest BCUT2D eigenvalue weighted by Gasteiger charge is -2.38. The third-order valence-electron chi connectivity index (χ3n) is 4.26. The van der Waals surface area contributed by atoms with Gasteiger partial charge in [0.05, 0.1) is 0 Å². The minimum absolute atomic E-state index is 0.232. The summed E-state index contributed by atoms with van der Waals surface area (Å²) in [6.07, 6.45) is 2.34. The van der Waals surface area contributed by atoms with Crippen LogP contribution in [0.15, 0.2) is 0 Å². The second kappa shape index (κ2) is 6.50. The van der Waals surface area contributed by atoms with Crippen molar-refractivity contribution in [3.05, 3.63) is 0 Å². The van der Waals surface area contributed by atoms with Gasteiger partial charge in [0.1, 0.15) is 0 Å². The van der Waals surface area contributed by atoms with E-state index in [1.807, 2.05) is 11.9 Å². The zero-order chi connectivity index (χ0) is 13.0. The van der Waals surface area contributed by atoms with E-state index in [0.717, 1.165) is 45.2 Å². The number of likely N-dealkylation sites (tertiary alicyclic amines) is 1. The fourth-order valence-electron chi connectivity index (χ4n) is 2.95. The number of amides is 1. The van der Waals surface area contributed by atoms with Gasteiger partial charge in [-0.1, -0.05) is 0 Å². The quantitative estimate of drug-likeness (QED) is 0.769. The summed E-state index contributed by atoms with van der Waals surface area (Å²) in [7, 11) is 1.99. The molecule has 0 unspecified atom stereocenters. The van der Waals surface area contributed by atoms with Gasteiger partial charge >= 0.3 is 0 Å². The molecule has 0 aliphatic carbocycles. The Kier molecular flexibility index (Phi) is 4.97. The number of hydrazine groups is 1. The van der Waals surface area contributed by atoms with Gasteiger partial charge in [0.15, 0.2) is 0 Å². The zero-order valence-corrected chi connectivity index (χ0v) is 11.7. The van der Waals surface area contributed by atoms with Gasteiger partial charge in [-0.15, -0.1) is 0 Å². The van der Waals surface area contributed by atoms with Crippen molar-refractivity contribution in [3.63, 3.8) is 0 Å². The predicted octanol–water partition coefficient (Wildman–Crippen LogP) is -0.00310.